The minimum Gasteiger partial charge on any atom is -0.376 e. The molecule has 0 bridgehead atoms. The lowest BCUT2D eigenvalue weighted by Gasteiger charge is -2.15. The van der Waals surface area contributed by atoms with Crippen molar-refractivity contribution in [1.29, 1.82) is 0 Å². The number of nitrogens with two attached hydrogens (primary N) is 1. The third-order valence-electron chi connectivity index (χ3n) is 1.57. The first-order valence-corrected chi connectivity index (χ1v) is 4.25. The van der Waals surface area contributed by atoms with Crippen LogP contribution in [0.3, 0.4) is 0 Å². The van der Waals surface area contributed by atoms with Crippen LogP contribution in [0.1, 0.15) is 33.1 Å². The monoisotopic (exact) mass is 161 g/mol. The third-order valence-corrected chi connectivity index (χ3v) is 1.57. The summed E-state index contributed by atoms with van der Waals surface area (Å²) >= 11 is 0. The summed E-state index contributed by atoms with van der Waals surface area (Å²) in [6.45, 7) is 4.44. The maximum Gasteiger partial charge on any atom is 0.126 e. The van der Waals surface area contributed by atoms with E-state index in [9.17, 15) is 0 Å². The number of hydrogen-bond donors (Lipinski definition) is 2. The molecule has 2 unspecified atom stereocenters. The Labute approximate surface area is 68.5 Å². The van der Waals surface area contributed by atoms with Crippen LogP contribution in [0, 0.1) is 0 Å². The standard InChI is InChI=1S/C8H19NO2/c1-3-5-7(4-2)11-6-8(9)10/h7-8,10H,3-6,9H2,1-2H3. The topological polar surface area (TPSA) is 55.5 Å². The zero-order valence-corrected chi connectivity index (χ0v) is 7.42. The minimum absolute atomic E-state index is 0.249. The van der Waals surface area contributed by atoms with E-state index in [4.69, 9.17) is 15.6 Å². The molecule has 0 aliphatic heterocycles. The largest absolute Gasteiger partial charge is 0.376 e. The van der Waals surface area contributed by atoms with Gasteiger partial charge in [0.1, 0.15) is 6.23 Å². The number of ether oxygens (including phenoxy) is 1. The summed E-state index contributed by atoms with van der Waals surface area (Å²) in [6, 6.07) is 0. The highest BCUT2D eigenvalue weighted by molar-refractivity contribution is 4.54. The smallest absolute Gasteiger partial charge is 0.126 e. The molecule has 0 amide bonds. The molecular weight excluding hydrogens is 142 g/mol. The molecule has 0 spiro atoms. The van der Waals surface area contributed by atoms with Gasteiger partial charge >= 0.3 is 0 Å². The van der Waals surface area contributed by atoms with Gasteiger partial charge in [0.05, 0.1) is 12.7 Å². The molecule has 0 heterocycles. The number of aliphatic hydroxyl groups is 1. The van der Waals surface area contributed by atoms with Crippen LogP contribution >= 0.6 is 0 Å². The highest BCUT2D eigenvalue weighted by atomic mass is 16.5. The molecule has 0 aromatic carbocycles. The Morgan fingerprint density at radius 1 is 1.45 bits per heavy atom. The van der Waals surface area contributed by atoms with Gasteiger partial charge in [0.25, 0.3) is 0 Å². The molecule has 3 N–H and O–H groups in total. The molecule has 11 heavy (non-hydrogen) atoms. The average Bonchev–Trinajstić information content (AvgIpc) is 1.97. The average molecular weight is 161 g/mol. The highest BCUT2D eigenvalue weighted by Gasteiger charge is 2.05. The third kappa shape index (κ3) is 6.28. The van der Waals surface area contributed by atoms with Gasteiger partial charge in [0, 0.05) is 0 Å². The zero-order valence-electron chi connectivity index (χ0n) is 7.42. The first-order chi connectivity index (χ1) is 5.20. The van der Waals surface area contributed by atoms with E-state index >= 15 is 0 Å². The Morgan fingerprint density at radius 2 is 2.09 bits per heavy atom. The fraction of sp³-hybridized carbons (Fsp3) is 1.00. The van der Waals surface area contributed by atoms with E-state index in [1.54, 1.807) is 0 Å². The van der Waals surface area contributed by atoms with Crippen molar-refractivity contribution in [2.45, 2.75) is 45.4 Å². The second kappa shape index (κ2) is 6.58. The van der Waals surface area contributed by atoms with Crippen LogP contribution in [0.15, 0.2) is 0 Å². The van der Waals surface area contributed by atoms with Gasteiger partial charge in [-0.3, -0.25) is 0 Å². The van der Waals surface area contributed by atoms with E-state index in [-0.39, 0.29) is 12.7 Å². The molecule has 0 radical (unpaired) electrons. The van der Waals surface area contributed by atoms with E-state index in [1.165, 1.54) is 0 Å². The van der Waals surface area contributed by atoms with Gasteiger partial charge in [-0.2, -0.15) is 0 Å². The zero-order chi connectivity index (χ0) is 8.69. The minimum atomic E-state index is -0.832. The van der Waals surface area contributed by atoms with Crippen LogP contribution in [0.2, 0.25) is 0 Å². The Hall–Kier alpha value is -0.120. The fourth-order valence-electron chi connectivity index (χ4n) is 0.962. The van der Waals surface area contributed by atoms with Crippen molar-refractivity contribution < 1.29 is 9.84 Å². The molecule has 0 saturated heterocycles. The lowest BCUT2D eigenvalue weighted by atomic mass is 10.2. The van der Waals surface area contributed by atoms with Crippen LogP contribution < -0.4 is 5.73 Å². The predicted octanol–water partition coefficient (Wildman–Crippen LogP) is 0.859. The summed E-state index contributed by atoms with van der Waals surface area (Å²) in [5.74, 6) is 0. The quantitative estimate of drug-likeness (QED) is 0.568. The lowest BCUT2D eigenvalue weighted by Crippen LogP contribution is -2.28. The second-order valence-electron chi connectivity index (χ2n) is 2.72. The Bertz CT molecular complexity index is 86.2. The van der Waals surface area contributed by atoms with Gasteiger partial charge < -0.3 is 15.6 Å². The lowest BCUT2D eigenvalue weighted by molar-refractivity contribution is -0.0119. The van der Waals surface area contributed by atoms with Crippen molar-refractivity contribution in [3.8, 4) is 0 Å². The molecule has 0 fully saturated rings. The van der Waals surface area contributed by atoms with Gasteiger partial charge in [-0.05, 0) is 12.8 Å². The summed E-state index contributed by atoms with van der Waals surface area (Å²) < 4.78 is 5.32. The van der Waals surface area contributed by atoms with E-state index in [0.29, 0.717) is 0 Å². The summed E-state index contributed by atoms with van der Waals surface area (Å²) in [6.07, 6.45) is 2.57. The molecule has 0 aliphatic carbocycles. The Balaban J connectivity index is 3.35. The molecule has 0 aliphatic rings. The van der Waals surface area contributed by atoms with Crippen LogP contribution in [-0.2, 0) is 4.74 Å². The van der Waals surface area contributed by atoms with Crippen molar-refractivity contribution in [2.24, 2.45) is 5.73 Å². The summed E-state index contributed by atoms with van der Waals surface area (Å²) in [7, 11) is 0. The molecule has 3 nitrogen and oxygen atoms in total. The Morgan fingerprint density at radius 3 is 2.45 bits per heavy atom. The number of hydrogen-bond acceptors (Lipinski definition) is 3. The molecule has 3 heteroatoms. The van der Waals surface area contributed by atoms with Gasteiger partial charge in [-0.15, -0.1) is 0 Å². The molecule has 0 aromatic heterocycles. The van der Waals surface area contributed by atoms with Crippen molar-refractivity contribution in [2.75, 3.05) is 6.61 Å². The van der Waals surface area contributed by atoms with E-state index in [0.717, 1.165) is 19.3 Å². The van der Waals surface area contributed by atoms with Crippen molar-refractivity contribution in [3.63, 3.8) is 0 Å². The van der Waals surface area contributed by atoms with Gasteiger partial charge in [0.15, 0.2) is 0 Å². The molecule has 0 aromatic rings. The van der Waals surface area contributed by atoms with Gasteiger partial charge in [-0.25, -0.2) is 0 Å². The predicted molar refractivity (Wildman–Crippen MR) is 45.1 cm³/mol. The van der Waals surface area contributed by atoms with Crippen LogP contribution in [0.5, 0.6) is 0 Å². The molecule has 0 saturated carbocycles. The maximum absolute atomic E-state index is 8.72. The van der Waals surface area contributed by atoms with Crippen molar-refractivity contribution in [1.82, 2.24) is 0 Å². The fourth-order valence-corrected chi connectivity index (χ4v) is 0.962. The Kier molecular flexibility index (Phi) is 6.51. The van der Waals surface area contributed by atoms with Crippen LogP contribution in [0.25, 0.3) is 0 Å². The summed E-state index contributed by atoms with van der Waals surface area (Å²) in [5.41, 5.74) is 5.12. The molecular formula is C8H19NO2. The van der Waals surface area contributed by atoms with Crippen LogP contribution in [0.4, 0.5) is 0 Å². The highest BCUT2D eigenvalue weighted by Crippen LogP contribution is 2.05. The van der Waals surface area contributed by atoms with E-state index in [1.807, 2.05) is 0 Å². The van der Waals surface area contributed by atoms with Gasteiger partial charge in [-0.1, -0.05) is 20.3 Å². The first-order valence-electron chi connectivity index (χ1n) is 4.25. The molecule has 0 rings (SSSR count). The molecule has 68 valence electrons. The number of rotatable bonds is 6. The van der Waals surface area contributed by atoms with E-state index < -0.39 is 6.23 Å². The second-order valence-corrected chi connectivity index (χ2v) is 2.72. The SMILES string of the molecule is CCCC(CC)OCC(N)O. The first kappa shape index (κ1) is 10.9. The van der Waals surface area contributed by atoms with Crippen LogP contribution in [-0.4, -0.2) is 24.0 Å². The van der Waals surface area contributed by atoms with E-state index in [2.05, 4.69) is 13.8 Å². The van der Waals surface area contributed by atoms with Crippen molar-refractivity contribution >= 4 is 0 Å². The normalized spacial score (nSPS) is 16.4. The maximum atomic E-state index is 8.72. The van der Waals surface area contributed by atoms with Crippen molar-refractivity contribution in [3.05, 3.63) is 0 Å². The number of aliphatic hydroxyl groups excluding tert-OH is 1. The summed E-state index contributed by atoms with van der Waals surface area (Å²) in [5, 5.41) is 8.72. The summed E-state index contributed by atoms with van der Waals surface area (Å²) in [4.78, 5) is 0. The van der Waals surface area contributed by atoms with Gasteiger partial charge in [0.2, 0.25) is 0 Å². The molecule has 2 atom stereocenters.